The quantitative estimate of drug-likeness (QED) is 0.418. The number of nitriles is 1. The average Bonchev–Trinajstić information content (AvgIpc) is 2.80. The van der Waals surface area contributed by atoms with Crippen LogP contribution < -0.4 is 0 Å². The molecule has 0 spiro atoms. The van der Waals surface area contributed by atoms with Gasteiger partial charge in [0.25, 0.3) is 0 Å². The number of allylic oxidation sites excluding steroid dienone is 1. The Morgan fingerprint density at radius 3 is 2.24 bits per heavy atom. The third kappa shape index (κ3) is 4.03. The zero-order valence-corrected chi connectivity index (χ0v) is 16.9. The lowest BCUT2D eigenvalue weighted by atomic mass is 9.83. The van der Waals surface area contributed by atoms with Crippen LogP contribution in [0, 0.1) is 11.3 Å². The molecule has 1 heteroatoms. The Hall–Kier alpha value is -3.11. The van der Waals surface area contributed by atoms with Crippen molar-refractivity contribution in [1.82, 2.24) is 0 Å². The lowest BCUT2D eigenvalue weighted by Gasteiger charge is -2.22. The van der Waals surface area contributed by atoms with Crippen molar-refractivity contribution in [3.63, 3.8) is 0 Å². The normalized spacial score (nSPS) is 14.3. The minimum atomic E-state index is 0.698. The van der Waals surface area contributed by atoms with E-state index >= 15 is 0 Å². The molecule has 0 radical (unpaired) electrons. The first-order valence-electron chi connectivity index (χ1n) is 10.6. The molecule has 0 unspecified atom stereocenters. The van der Waals surface area contributed by atoms with Gasteiger partial charge in [-0.3, -0.25) is 0 Å². The Bertz CT molecular complexity index is 1020. The predicted molar refractivity (Wildman–Crippen MR) is 122 cm³/mol. The van der Waals surface area contributed by atoms with Crippen molar-refractivity contribution < 1.29 is 0 Å². The van der Waals surface area contributed by atoms with Crippen LogP contribution in [0.3, 0.4) is 0 Å². The topological polar surface area (TPSA) is 23.8 Å². The summed E-state index contributed by atoms with van der Waals surface area (Å²) in [5.41, 5.74) is 7.65. The average molecular weight is 378 g/mol. The lowest BCUT2D eigenvalue weighted by Crippen LogP contribution is -2.04. The summed E-state index contributed by atoms with van der Waals surface area (Å²) in [5, 5.41) is 9.99. The minimum absolute atomic E-state index is 0.698. The van der Waals surface area contributed by atoms with Crippen LogP contribution in [0.5, 0.6) is 0 Å². The van der Waals surface area contributed by atoms with Crippen LogP contribution in [-0.2, 0) is 6.42 Å². The van der Waals surface area contributed by atoms with E-state index < -0.39 is 0 Å². The van der Waals surface area contributed by atoms with Crippen LogP contribution in [0.2, 0.25) is 0 Å². The SMILES string of the molecule is C=CCc1ccc(-c2ccc(C3CCCCC3)cc2)c(-c2ccccc2)c1C#N. The lowest BCUT2D eigenvalue weighted by molar-refractivity contribution is 0.443. The van der Waals surface area contributed by atoms with Crippen molar-refractivity contribution in [1.29, 1.82) is 5.26 Å². The third-order valence-corrected chi connectivity index (χ3v) is 6.13. The Labute approximate surface area is 174 Å². The highest BCUT2D eigenvalue weighted by Gasteiger charge is 2.18. The van der Waals surface area contributed by atoms with Crippen molar-refractivity contribution >= 4 is 0 Å². The summed E-state index contributed by atoms with van der Waals surface area (Å²) in [4.78, 5) is 0. The van der Waals surface area contributed by atoms with Gasteiger partial charge in [0.2, 0.25) is 0 Å². The Morgan fingerprint density at radius 1 is 0.862 bits per heavy atom. The van der Waals surface area contributed by atoms with E-state index in [0.29, 0.717) is 12.3 Å². The highest BCUT2D eigenvalue weighted by Crippen LogP contribution is 2.38. The van der Waals surface area contributed by atoms with Crippen molar-refractivity contribution in [2.45, 2.75) is 44.4 Å². The molecule has 1 aliphatic carbocycles. The van der Waals surface area contributed by atoms with E-state index in [4.69, 9.17) is 0 Å². The third-order valence-electron chi connectivity index (χ3n) is 6.13. The molecule has 1 nitrogen and oxygen atoms in total. The molecule has 29 heavy (non-hydrogen) atoms. The molecule has 1 aliphatic rings. The summed E-state index contributed by atoms with van der Waals surface area (Å²) >= 11 is 0. The van der Waals surface area contributed by atoms with Gasteiger partial charge < -0.3 is 0 Å². The molecule has 4 rings (SSSR count). The molecule has 0 aromatic heterocycles. The summed E-state index contributed by atoms with van der Waals surface area (Å²) in [6.45, 7) is 3.86. The zero-order valence-electron chi connectivity index (χ0n) is 16.9. The molecule has 0 aliphatic heterocycles. The first-order valence-corrected chi connectivity index (χ1v) is 10.6. The van der Waals surface area contributed by atoms with Gasteiger partial charge in [-0.15, -0.1) is 6.58 Å². The standard InChI is InChI=1S/C28H27N/c1-2-9-23-18-19-26(28(27(23)20-29)25-12-7-4-8-13-25)24-16-14-22(15-17-24)21-10-5-3-6-11-21/h2,4,7-8,12-19,21H,1,3,5-6,9-11H2. The van der Waals surface area contributed by atoms with Gasteiger partial charge in [0, 0.05) is 5.56 Å². The fourth-order valence-corrected chi connectivity index (χ4v) is 4.62. The van der Waals surface area contributed by atoms with Crippen LogP contribution in [0.15, 0.2) is 79.4 Å². The van der Waals surface area contributed by atoms with Crippen molar-refractivity contribution in [2.75, 3.05) is 0 Å². The van der Waals surface area contributed by atoms with E-state index in [9.17, 15) is 5.26 Å². The van der Waals surface area contributed by atoms with Gasteiger partial charge in [0.1, 0.15) is 6.07 Å². The summed E-state index contributed by atoms with van der Waals surface area (Å²) < 4.78 is 0. The molecule has 0 bridgehead atoms. The molecule has 0 N–H and O–H groups in total. The maximum Gasteiger partial charge on any atom is 0.100 e. The van der Waals surface area contributed by atoms with Crippen LogP contribution >= 0.6 is 0 Å². The first kappa shape index (κ1) is 19.2. The highest BCUT2D eigenvalue weighted by atomic mass is 14.3. The monoisotopic (exact) mass is 377 g/mol. The van der Waals surface area contributed by atoms with E-state index in [1.165, 1.54) is 43.2 Å². The van der Waals surface area contributed by atoms with Gasteiger partial charge in [-0.2, -0.15) is 5.26 Å². The van der Waals surface area contributed by atoms with Crippen LogP contribution in [0.4, 0.5) is 0 Å². The maximum absolute atomic E-state index is 9.99. The molecule has 0 atom stereocenters. The van der Waals surface area contributed by atoms with Gasteiger partial charge in [-0.05, 0) is 53.0 Å². The molecule has 0 amide bonds. The van der Waals surface area contributed by atoms with Crippen molar-refractivity contribution in [3.8, 4) is 28.3 Å². The highest BCUT2D eigenvalue weighted by molar-refractivity contribution is 5.88. The molecule has 0 heterocycles. The largest absolute Gasteiger partial charge is 0.192 e. The van der Waals surface area contributed by atoms with Gasteiger partial charge >= 0.3 is 0 Å². The van der Waals surface area contributed by atoms with Gasteiger partial charge in [0.05, 0.1) is 5.56 Å². The van der Waals surface area contributed by atoms with Crippen LogP contribution in [0.1, 0.15) is 54.7 Å². The zero-order chi connectivity index (χ0) is 20.1. The second kappa shape index (κ2) is 8.93. The predicted octanol–water partition coefficient (Wildman–Crippen LogP) is 7.67. The van der Waals surface area contributed by atoms with Crippen molar-refractivity contribution in [2.24, 2.45) is 0 Å². The summed E-state index contributed by atoms with van der Waals surface area (Å²) in [6, 6.07) is 26.0. The van der Waals surface area contributed by atoms with Crippen molar-refractivity contribution in [3.05, 3.63) is 96.1 Å². The number of hydrogen-bond donors (Lipinski definition) is 0. The van der Waals surface area contributed by atoms with E-state index in [1.54, 1.807) is 0 Å². The fourth-order valence-electron chi connectivity index (χ4n) is 4.62. The molecular weight excluding hydrogens is 350 g/mol. The Kier molecular flexibility index (Phi) is 5.92. The summed E-state index contributed by atoms with van der Waals surface area (Å²) in [6.07, 6.45) is 9.25. The summed E-state index contributed by atoms with van der Waals surface area (Å²) in [5.74, 6) is 0.705. The van der Waals surface area contributed by atoms with Crippen LogP contribution in [-0.4, -0.2) is 0 Å². The number of nitrogens with zero attached hydrogens (tertiary/aromatic N) is 1. The summed E-state index contributed by atoms with van der Waals surface area (Å²) in [7, 11) is 0. The fraction of sp³-hybridized carbons (Fsp3) is 0.250. The van der Waals surface area contributed by atoms with Gasteiger partial charge in [-0.1, -0.05) is 92.1 Å². The molecule has 3 aromatic rings. The Balaban J connectivity index is 1.81. The molecule has 0 saturated heterocycles. The minimum Gasteiger partial charge on any atom is -0.192 e. The van der Waals surface area contributed by atoms with E-state index in [-0.39, 0.29) is 0 Å². The number of benzene rings is 3. The van der Waals surface area contributed by atoms with E-state index in [0.717, 1.165) is 27.8 Å². The molecular formula is C28H27N. The molecule has 3 aromatic carbocycles. The molecule has 1 saturated carbocycles. The van der Waals surface area contributed by atoms with Gasteiger partial charge in [-0.25, -0.2) is 0 Å². The molecule has 1 fully saturated rings. The number of hydrogen-bond acceptors (Lipinski definition) is 1. The Morgan fingerprint density at radius 2 is 1.59 bits per heavy atom. The maximum atomic E-state index is 9.99. The van der Waals surface area contributed by atoms with Gasteiger partial charge in [0.15, 0.2) is 0 Å². The number of rotatable bonds is 5. The van der Waals surface area contributed by atoms with Crippen LogP contribution in [0.25, 0.3) is 22.3 Å². The second-order valence-electron chi connectivity index (χ2n) is 7.95. The first-order chi connectivity index (χ1) is 14.3. The second-order valence-corrected chi connectivity index (χ2v) is 7.95. The van der Waals surface area contributed by atoms with E-state index in [2.05, 4.69) is 61.2 Å². The smallest absolute Gasteiger partial charge is 0.100 e. The molecule has 144 valence electrons. The van der Waals surface area contributed by atoms with E-state index in [1.807, 2.05) is 24.3 Å².